The van der Waals surface area contributed by atoms with Crippen molar-refractivity contribution < 1.29 is 19.5 Å². The Morgan fingerprint density at radius 1 is 0.737 bits per heavy atom. The summed E-state index contributed by atoms with van der Waals surface area (Å²) in [6, 6.07) is 14.3. The maximum atomic E-state index is 12.2. The third kappa shape index (κ3) is 2.57. The molecule has 0 bridgehead atoms. The number of carbonyl (C=O) groups excluding carboxylic acids is 2. The molecule has 0 atom stereocenters. The van der Waals surface area contributed by atoms with E-state index >= 15 is 0 Å². The van der Waals surface area contributed by atoms with Gasteiger partial charge in [-0.1, -0.05) is 54.6 Å². The fraction of sp³-hybridized carbons (Fsp3) is 0. The molecule has 0 fully saturated rings. The van der Waals surface area contributed by atoms with Crippen LogP contribution in [0.5, 0.6) is 0 Å². The first-order valence-electron chi connectivity index (χ1n) is 5.57. The smallest absolute Gasteiger partial charge is 0.377 e. The van der Waals surface area contributed by atoms with Crippen LogP contribution in [0.1, 0.15) is 26.3 Å². The molecule has 0 aliphatic rings. The first-order valence-corrected chi connectivity index (χ1v) is 5.57. The molecule has 0 aliphatic carbocycles. The number of carbonyl (C=O) groups is 3. The average Bonchev–Trinajstić information content (AvgIpc) is 2.46. The molecule has 0 heterocycles. The molecular weight excluding hydrogens is 244 g/mol. The molecule has 0 spiro atoms. The van der Waals surface area contributed by atoms with Crippen LogP contribution in [-0.2, 0) is 4.79 Å². The second-order valence-electron chi connectivity index (χ2n) is 3.88. The van der Waals surface area contributed by atoms with Crippen LogP contribution in [-0.4, -0.2) is 22.6 Å². The molecule has 0 amide bonds. The Bertz CT molecular complexity index is 644. The van der Waals surface area contributed by atoms with Gasteiger partial charge < -0.3 is 5.11 Å². The zero-order chi connectivity index (χ0) is 13.8. The lowest BCUT2D eigenvalue weighted by atomic mass is 9.96. The highest BCUT2D eigenvalue weighted by molar-refractivity contribution is 6.41. The normalized spacial score (nSPS) is 9.89. The molecule has 0 unspecified atom stereocenters. The highest BCUT2D eigenvalue weighted by Gasteiger charge is 2.22. The molecular formula is C15H10O4. The fourth-order valence-electron chi connectivity index (χ4n) is 1.74. The molecule has 0 aromatic heterocycles. The second kappa shape index (κ2) is 5.27. The van der Waals surface area contributed by atoms with Crippen molar-refractivity contribution in [3.63, 3.8) is 0 Å². The Balaban J connectivity index is 2.49. The SMILES string of the molecule is O=C(O)C(=O)c1ccccc1C(=O)c1ccccc1. The minimum Gasteiger partial charge on any atom is -0.475 e. The molecule has 94 valence electrons. The molecule has 1 N–H and O–H groups in total. The van der Waals surface area contributed by atoms with Gasteiger partial charge in [-0.15, -0.1) is 0 Å². The lowest BCUT2D eigenvalue weighted by Gasteiger charge is -2.05. The van der Waals surface area contributed by atoms with Gasteiger partial charge in [0.15, 0.2) is 5.78 Å². The van der Waals surface area contributed by atoms with Crippen molar-refractivity contribution in [2.24, 2.45) is 0 Å². The molecule has 0 saturated heterocycles. The minimum atomic E-state index is -1.58. The number of rotatable bonds is 4. The monoisotopic (exact) mass is 254 g/mol. The van der Waals surface area contributed by atoms with Crippen molar-refractivity contribution in [1.82, 2.24) is 0 Å². The van der Waals surface area contributed by atoms with Crippen LogP contribution in [0.3, 0.4) is 0 Å². The van der Waals surface area contributed by atoms with Gasteiger partial charge in [-0.05, 0) is 0 Å². The molecule has 2 aromatic carbocycles. The van der Waals surface area contributed by atoms with Crippen LogP contribution in [0.25, 0.3) is 0 Å². The van der Waals surface area contributed by atoms with E-state index in [2.05, 4.69) is 0 Å². The summed E-state index contributed by atoms with van der Waals surface area (Å²) >= 11 is 0. The zero-order valence-electron chi connectivity index (χ0n) is 9.87. The topological polar surface area (TPSA) is 71.4 Å². The minimum absolute atomic E-state index is 0.0937. The molecule has 2 rings (SSSR count). The Morgan fingerprint density at radius 2 is 1.26 bits per heavy atom. The summed E-state index contributed by atoms with van der Waals surface area (Å²) < 4.78 is 0. The lowest BCUT2D eigenvalue weighted by Crippen LogP contribution is -2.17. The zero-order valence-corrected chi connectivity index (χ0v) is 9.87. The maximum Gasteiger partial charge on any atom is 0.377 e. The van der Waals surface area contributed by atoms with Crippen molar-refractivity contribution in [1.29, 1.82) is 0 Å². The summed E-state index contributed by atoms with van der Waals surface area (Å²) in [4.78, 5) is 34.5. The van der Waals surface area contributed by atoms with Gasteiger partial charge >= 0.3 is 5.97 Å². The lowest BCUT2D eigenvalue weighted by molar-refractivity contribution is -0.131. The third-order valence-corrected chi connectivity index (χ3v) is 2.65. The average molecular weight is 254 g/mol. The van der Waals surface area contributed by atoms with Crippen molar-refractivity contribution in [3.8, 4) is 0 Å². The predicted molar refractivity (Wildman–Crippen MR) is 68.3 cm³/mol. The van der Waals surface area contributed by atoms with Gasteiger partial charge in [-0.3, -0.25) is 9.59 Å². The first kappa shape index (κ1) is 12.7. The van der Waals surface area contributed by atoms with E-state index in [9.17, 15) is 14.4 Å². The van der Waals surface area contributed by atoms with E-state index < -0.39 is 11.8 Å². The molecule has 0 radical (unpaired) electrons. The number of benzene rings is 2. The van der Waals surface area contributed by atoms with E-state index in [0.717, 1.165) is 0 Å². The van der Waals surface area contributed by atoms with Gasteiger partial charge in [0.2, 0.25) is 0 Å². The summed E-state index contributed by atoms with van der Waals surface area (Å²) in [5.41, 5.74) is 0.415. The Morgan fingerprint density at radius 3 is 1.84 bits per heavy atom. The van der Waals surface area contributed by atoms with E-state index in [1.54, 1.807) is 36.4 Å². The van der Waals surface area contributed by atoms with Crippen LogP contribution >= 0.6 is 0 Å². The quantitative estimate of drug-likeness (QED) is 0.670. The predicted octanol–water partition coefficient (Wildman–Crippen LogP) is 2.18. The van der Waals surface area contributed by atoms with E-state index in [1.165, 1.54) is 18.2 Å². The largest absolute Gasteiger partial charge is 0.475 e. The van der Waals surface area contributed by atoms with Gasteiger partial charge in [0.1, 0.15) is 0 Å². The molecule has 2 aromatic rings. The summed E-state index contributed by atoms with van der Waals surface area (Å²) in [6.07, 6.45) is 0. The Kier molecular flexibility index (Phi) is 3.52. The highest BCUT2D eigenvalue weighted by atomic mass is 16.4. The number of carboxylic acids is 1. The van der Waals surface area contributed by atoms with Gasteiger partial charge in [0.25, 0.3) is 5.78 Å². The van der Waals surface area contributed by atoms with Crippen LogP contribution in [0.4, 0.5) is 0 Å². The van der Waals surface area contributed by atoms with E-state index in [0.29, 0.717) is 5.56 Å². The molecule has 0 aliphatic heterocycles. The van der Waals surface area contributed by atoms with Gasteiger partial charge in [0, 0.05) is 16.7 Å². The van der Waals surface area contributed by atoms with Crippen LogP contribution in [0.2, 0.25) is 0 Å². The molecule has 4 nitrogen and oxygen atoms in total. The molecule has 4 heteroatoms. The standard InChI is InChI=1S/C15H10O4/c16-13(10-6-2-1-3-7-10)11-8-4-5-9-12(11)14(17)15(18)19/h1-9H,(H,18,19). The maximum absolute atomic E-state index is 12.2. The Labute approximate surface area is 109 Å². The number of ketones is 2. The van der Waals surface area contributed by atoms with Crippen molar-refractivity contribution >= 4 is 17.5 Å². The van der Waals surface area contributed by atoms with Gasteiger partial charge in [0.05, 0.1) is 0 Å². The van der Waals surface area contributed by atoms with E-state index in [4.69, 9.17) is 5.11 Å². The van der Waals surface area contributed by atoms with E-state index in [-0.39, 0.29) is 16.9 Å². The summed E-state index contributed by atoms with van der Waals surface area (Å²) in [5, 5.41) is 8.75. The van der Waals surface area contributed by atoms with Crippen LogP contribution < -0.4 is 0 Å². The van der Waals surface area contributed by atoms with Crippen molar-refractivity contribution in [2.75, 3.05) is 0 Å². The van der Waals surface area contributed by atoms with Crippen molar-refractivity contribution in [3.05, 3.63) is 71.3 Å². The summed E-state index contributed by atoms with van der Waals surface area (Å²) in [7, 11) is 0. The van der Waals surface area contributed by atoms with Crippen LogP contribution in [0.15, 0.2) is 54.6 Å². The number of carboxylic acid groups (broad SMARTS) is 1. The second-order valence-corrected chi connectivity index (χ2v) is 3.88. The molecule has 19 heavy (non-hydrogen) atoms. The number of Topliss-reactive ketones (excluding diaryl/α,β-unsaturated/α-hetero) is 1. The fourth-order valence-corrected chi connectivity index (χ4v) is 1.74. The number of hydrogen-bond acceptors (Lipinski definition) is 3. The van der Waals surface area contributed by atoms with Gasteiger partial charge in [-0.2, -0.15) is 0 Å². The third-order valence-electron chi connectivity index (χ3n) is 2.65. The van der Waals surface area contributed by atoms with E-state index in [1.807, 2.05) is 0 Å². The number of hydrogen-bond donors (Lipinski definition) is 1. The Hall–Kier alpha value is -2.75. The number of aliphatic carboxylic acids is 1. The highest BCUT2D eigenvalue weighted by Crippen LogP contribution is 2.15. The van der Waals surface area contributed by atoms with Crippen LogP contribution in [0, 0.1) is 0 Å². The molecule has 0 saturated carbocycles. The first-order chi connectivity index (χ1) is 9.11. The van der Waals surface area contributed by atoms with Crippen molar-refractivity contribution in [2.45, 2.75) is 0 Å². The summed E-state index contributed by atoms with van der Waals surface area (Å²) in [5.74, 6) is -3.03. The van der Waals surface area contributed by atoms with Gasteiger partial charge in [-0.25, -0.2) is 4.79 Å². The summed E-state index contributed by atoms with van der Waals surface area (Å²) in [6.45, 7) is 0.